The van der Waals surface area contributed by atoms with Gasteiger partial charge in [-0.3, -0.25) is 0 Å². The van der Waals surface area contributed by atoms with Gasteiger partial charge in [0.05, 0.1) is 6.61 Å². The van der Waals surface area contributed by atoms with E-state index in [1.54, 1.807) is 0 Å². The van der Waals surface area contributed by atoms with Crippen LogP contribution in [0.15, 0.2) is 24.3 Å². The average molecular weight is 265 g/mol. The van der Waals surface area contributed by atoms with E-state index in [9.17, 15) is 0 Å². The molecule has 1 heterocycles. The molecule has 1 aliphatic rings. The molecule has 1 atom stereocenters. The Kier molecular flexibility index (Phi) is 4.95. The molecular formula is C15H23NOS. The van der Waals surface area contributed by atoms with Crippen LogP contribution in [-0.4, -0.2) is 24.7 Å². The molecule has 0 spiro atoms. The Bertz CT molecular complexity index is 383. The Labute approximate surface area is 114 Å². The van der Waals surface area contributed by atoms with Gasteiger partial charge >= 0.3 is 0 Å². The molecule has 0 saturated carbocycles. The van der Waals surface area contributed by atoms with Crippen molar-refractivity contribution in [2.24, 2.45) is 11.1 Å². The van der Waals surface area contributed by atoms with Crippen molar-refractivity contribution in [3.63, 3.8) is 0 Å². The van der Waals surface area contributed by atoms with E-state index < -0.39 is 0 Å². The molecule has 0 amide bonds. The molecule has 1 aliphatic heterocycles. The van der Waals surface area contributed by atoms with Crippen molar-refractivity contribution in [2.75, 3.05) is 24.7 Å². The molecule has 0 saturated heterocycles. The van der Waals surface area contributed by atoms with Crippen LogP contribution < -0.4 is 10.5 Å². The maximum Gasteiger partial charge on any atom is 0.122 e. The smallest absolute Gasteiger partial charge is 0.122 e. The summed E-state index contributed by atoms with van der Waals surface area (Å²) in [5, 5.41) is 0. The van der Waals surface area contributed by atoms with Gasteiger partial charge in [0, 0.05) is 12.0 Å². The fourth-order valence-corrected chi connectivity index (χ4v) is 3.20. The van der Waals surface area contributed by atoms with E-state index >= 15 is 0 Å². The molecule has 0 bridgehead atoms. The van der Waals surface area contributed by atoms with Crippen LogP contribution in [0, 0.1) is 5.41 Å². The van der Waals surface area contributed by atoms with Crippen molar-refractivity contribution in [1.82, 2.24) is 0 Å². The van der Waals surface area contributed by atoms with Crippen molar-refractivity contribution in [1.29, 1.82) is 0 Å². The maximum absolute atomic E-state index is 6.02. The second-order valence-electron chi connectivity index (χ2n) is 5.08. The van der Waals surface area contributed by atoms with Crippen LogP contribution in [-0.2, 0) is 6.42 Å². The van der Waals surface area contributed by atoms with Crippen LogP contribution in [0.3, 0.4) is 0 Å². The van der Waals surface area contributed by atoms with Crippen molar-refractivity contribution < 1.29 is 4.74 Å². The molecule has 1 aromatic rings. The highest BCUT2D eigenvalue weighted by molar-refractivity contribution is 7.99. The quantitative estimate of drug-likeness (QED) is 0.803. The second-order valence-corrected chi connectivity index (χ2v) is 6.47. The molecule has 0 radical (unpaired) electrons. The lowest BCUT2D eigenvalue weighted by Gasteiger charge is -2.37. The standard InChI is InChI=1S/C15H23NOS/c1-2-18-9-5-8-15(11-16)10-13-6-3-4-7-14(13)17-12-15/h3-4,6-7H,2,5,8-12,16H2,1H3. The summed E-state index contributed by atoms with van der Waals surface area (Å²) in [5.41, 5.74) is 7.50. The molecule has 0 fully saturated rings. The molecule has 0 aliphatic carbocycles. The van der Waals surface area contributed by atoms with Crippen molar-refractivity contribution >= 4 is 11.8 Å². The van der Waals surface area contributed by atoms with Crippen LogP contribution in [0.2, 0.25) is 0 Å². The van der Waals surface area contributed by atoms with Crippen LogP contribution in [0.4, 0.5) is 0 Å². The summed E-state index contributed by atoms with van der Waals surface area (Å²) < 4.78 is 5.90. The van der Waals surface area contributed by atoms with Gasteiger partial charge in [0.15, 0.2) is 0 Å². The van der Waals surface area contributed by atoms with Crippen molar-refractivity contribution in [3.05, 3.63) is 29.8 Å². The predicted molar refractivity (Wildman–Crippen MR) is 79.4 cm³/mol. The predicted octanol–water partition coefficient (Wildman–Crippen LogP) is 3.10. The Morgan fingerprint density at radius 1 is 1.39 bits per heavy atom. The Morgan fingerprint density at radius 3 is 3.00 bits per heavy atom. The Balaban J connectivity index is 1.98. The number of benzene rings is 1. The maximum atomic E-state index is 6.02. The number of ether oxygens (including phenoxy) is 1. The minimum Gasteiger partial charge on any atom is -0.493 e. The first kappa shape index (κ1) is 13.8. The summed E-state index contributed by atoms with van der Waals surface area (Å²) >= 11 is 2.01. The highest BCUT2D eigenvalue weighted by Crippen LogP contribution is 2.37. The molecular weight excluding hydrogens is 242 g/mol. The first-order chi connectivity index (χ1) is 8.79. The SMILES string of the molecule is CCSCCCC1(CN)COc2ccccc2C1. The summed E-state index contributed by atoms with van der Waals surface area (Å²) in [7, 11) is 0. The highest BCUT2D eigenvalue weighted by atomic mass is 32.2. The average Bonchev–Trinajstić information content (AvgIpc) is 2.43. The molecule has 3 heteroatoms. The lowest BCUT2D eigenvalue weighted by Crippen LogP contribution is -2.41. The largest absolute Gasteiger partial charge is 0.493 e. The Hall–Kier alpha value is -0.670. The van der Waals surface area contributed by atoms with E-state index in [0.717, 1.165) is 25.3 Å². The number of nitrogens with two attached hydrogens (primary N) is 1. The highest BCUT2D eigenvalue weighted by Gasteiger charge is 2.34. The first-order valence-electron chi connectivity index (χ1n) is 6.78. The molecule has 1 aromatic carbocycles. The van der Waals surface area contributed by atoms with Gasteiger partial charge in [-0.1, -0.05) is 25.1 Å². The third-order valence-corrected chi connectivity index (χ3v) is 4.69. The molecule has 1 unspecified atom stereocenters. The third kappa shape index (κ3) is 3.21. The number of thioether (sulfide) groups is 1. The first-order valence-corrected chi connectivity index (χ1v) is 7.94. The summed E-state index contributed by atoms with van der Waals surface area (Å²) in [6.45, 7) is 3.71. The monoisotopic (exact) mass is 265 g/mol. The molecule has 2 rings (SSSR count). The zero-order valence-electron chi connectivity index (χ0n) is 11.2. The normalized spacial score (nSPS) is 22.3. The number of para-hydroxylation sites is 1. The zero-order chi connectivity index (χ0) is 12.8. The van der Waals surface area contributed by atoms with Gasteiger partial charge in [0.2, 0.25) is 0 Å². The topological polar surface area (TPSA) is 35.2 Å². The molecule has 18 heavy (non-hydrogen) atoms. The lowest BCUT2D eigenvalue weighted by atomic mass is 9.77. The van der Waals surface area contributed by atoms with E-state index in [2.05, 4.69) is 25.1 Å². The van der Waals surface area contributed by atoms with E-state index in [1.807, 2.05) is 17.8 Å². The summed E-state index contributed by atoms with van der Waals surface area (Å²) in [4.78, 5) is 0. The minimum absolute atomic E-state index is 0.155. The van der Waals surface area contributed by atoms with E-state index in [4.69, 9.17) is 10.5 Å². The van der Waals surface area contributed by atoms with E-state index in [0.29, 0.717) is 0 Å². The van der Waals surface area contributed by atoms with Gasteiger partial charge in [-0.25, -0.2) is 0 Å². The molecule has 2 N–H and O–H groups in total. The van der Waals surface area contributed by atoms with Gasteiger partial charge < -0.3 is 10.5 Å². The van der Waals surface area contributed by atoms with Crippen LogP contribution in [0.25, 0.3) is 0 Å². The second kappa shape index (κ2) is 6.48. The van der Waals surface area contributed by atoms with Gasteiger partial charge in [0.25, 0.3) is 0 Å². The van der Waals surface area contributed by atoms with Gasteiger partial charge in [-0.2, -0.15) is 11.8 Å². The molecule has 0 aromatic heterocycles. The fourth-order valence-electron chi connectivity index (χ4n) is 2.56. The molecule has 100 valence electrons. The van der Waals surface area contributed by atoms with Crippen LogP contribution in [0.1, 0.15) is 25.3 Å². The summed E-state index contributed by atoms with van der Waals surface area (Å²) in [5.74, 6) is 3.49. The van der Waals surface area contributed by atoms with E-state index in [-0.39, 0.29) is 5.41 Å². The number of hydrogen-bond acceptors (Lipinski definition) is 3. The van der Waals surface area contributed by atoms with Gasteiger partial charge in [-0.15, -0.1) is 0 Å². The van der Waals surface area contributed by atoms with Crippen LogP contribution in [0.5, 0.6) is 5.75 Å². The summed E-state index contributed by atoms with van der Waals surface area (Å²) in [6, 6.07) is 8.34. The lowest BCUT2D eigenvalue weighted by molar-refractivity contribution is 0.116. The minimum atomic E-state index is 0.155. The van der Waals surface area contributed by atoms with Gasteiger partial charge in [-0.05, 0) is 42.4 Å². The van der Waals surface area contributed by atoms with Crippen LogP contribution >= 0.6 is 11.8 Å². The van der Waals surface area contributed by atoms with Gasteiger partial charge in [0.1, 0.15) is 5.75 Å². The van der Waals surface area contributed by atoms with Crippen molar-refractivity contribution in [3.8, 4) is 5.75 Å². The van der Waals surface area contributed by atoms with Crippen molar-refractivity contribution in [2.45, 2.75) is 26.2 Å². The number of rotatable bonds is 6. The Morgan fingerprint density at radius 2 is 2.22 bits per heavy atom. The summed E-state index contributed by atoms with van der Waals surface area (Å²) in [6.07, 6.45) is 3.47. The zero-order valence-corrected chi connectivity index (χ0v) is 12.0. The fraction of sp³-hybridized carbons (Fsp3) is 0.600. The van der Waals surface area contributed by atoms with E-state index in [1.165, 1.54) is 29.9 Å². The third-order valence-electron chi connectivity index (χ3n) is 3.70. The molecule has 2 nitrogen and oxygen atoms in total. The number of hydrogen-bond donors (Lipinski definition) is 1. The number of fused-ring (bicyclic) bond motifs is 1.